The molecule has 0 radical (unpaired) electrons. The molecule has 1 amide bonds. The largest absolute Gasteiger partial charge is 0.450 e. The molecule has 0 spiro atoms. The quantitative estimate of drug-likeness (QED) is 0.849. The van der Waals surface area contributed by atoms with Crippen LogP contribution in [0.5, 0.6) is 0 Å². The van der Waals surface area contributed by atoms with E-state index in [2.05, 4.69) is 10.1 Å². The lowest BCUT2D eigenvalue weighted by molar-refractivity contribution is 0.153. The molecule has 0 fully saturated rings. The van der Waals surface area contributed by atoms with E-state index in [1.165, 1.54) is 12.1 Å². The van der Waals surface area contributed by atoms with Crippen LogP contribution in [0, 0.1) is 11.6 Å². The molecule has 1 N–H and O–H groups in total. The van der Waals surface area contributed by atoms with Crippen LogP contribution in [0.2, 0.25) is 0 Å². The second-order valence-corrected chi connectivity index (χ2v) is 2.66. The molecule has 5 heteroatoms. The molecule has 0 aliphatic rings. The fraction of sp³-hybridized carbons (Fsp3) is 0.364. The molecule has 0 aliphatic heterocycles. The predicted molar refractivity (Wildman–Crippen MR) is 57.1 cm³/mol. The lowest BCUT2D eigenvalue weighted by Crippen LogP contribution is -2.23. The lowest BCUT2D eigenvalue weighted by Gasteiger charge is -1.99. The van der Waals surface area contributed by atoms with Crippen molar-refractivity contribution in [2.45, 2.75) is 13.8 Å². The first-order valence-electron chi connectivity index (χ1n) is 4.92. The van der Waals surface area contributed by atoms with Gasteiger partial charge in [0, 0.05) is 6.54 Å². The van der Waals surface area contributed by atoms with Crippen molar-refractivity contribution in [1.29, 1.82) is 0 Å². The summed E-state index contributed by atoms with van der Waals surface area (Å²) in [4.78, 5) is 10.3. The highest BCUT2D eigenvalue weighted by Crippen LogP contribution is 2.01. The van der Waals surface area contributed by atoms with E-state index in [1.807, 2.05) is 6.92 Å². The van der Waals surface area contributed by atoms with Crippen LogP contribution < -0.4 is 5.32 Å². The van der Waals surface area contributed by atoms with Crippen LogP contribution in [-0.2, 0) is 4.74 Å². The van der Waals surface area contributed by atoms with Gasteiger partial charge in [0.25, 0.3) is 0 Å². The fourth-order valence-corrected chi connectivity index (χ4v) is 0.766. The number of rotatable bonds is 2. The zero-order valence-electron chi connectivity index (χ0n) is 9.30. The molecule has 16 heavy (non-hydrogen) atoms. The van der Waals surface area contributed by atoms with E-state index in [0.717, 1.165) is 12.1 Å². The van der Waals surface area contributed by atoms with Gasteiger partial charge in [0.2, 0.25) is 0 Å². The predicted octanol–water partition coefficient (Wildman–Crippen LogP) is 2.72. The van der Waals surface area contributed by atoms with E-state index in [4.69, 9.17) is 0 Å². The maximum atomic E-state index is 11.9. The maximum Gasteiger partial charge on any atom is 0.407 e. The van der Waals surface area contributed by atoms with E-state index in [-0.39, 0.29) is 6.09 Å². The highest BCUT2D eigenvalue weighted by molar-refractivity contribution is 5.66. The summed E-state index contributed by atoms with van der Waals surface area (Å²) in [7, 11) is 0. The summed E-state index contributed by atoms with van der Waals surface area (Å²) in [6.07, 6.45) is -0.338. The average molecular weight is 231 g/mol. The van der Waals surface area contributed by atoms with Crippen molar-refractivity contribution in [1.82, 2.24) is 5.32 Å². The van der Waals surface area contributed by atoms with Gasteiger partial charge in [-0.2, -0.15) is 0 Å². The van der Waals surface area contributed by atoms with Crippen LogP contribution in [0.25, 0.3) is 0 Å². The fourth-order valence-electron chi connectivity index (χ4n) is 0.766. The van der Waals surface area contributed by atoms with Crippen molar-refractivity contribution in [2.24, 2.45) is 0 Å². The number of benzene rings is 1. The van der Waals surface area contributed by atoms with Gasteiger partial charge >= 0.3 is 6.09 Å². The third-order valence-corrected chi connectivity index (χ3v) is 1.42. The van der Waals surface area contributed by atoms with E-state index in [9.17, 15) is 13.6 Å². The smallest absolute Gasteiger partial charge is 0.407 e. The highest BCUT2D eigenvalue weighted by Gasteiger charge is 1.93. The molecule has 1 rings (SSSR count). The first kappa shape index (κ1) is 14.3. The first-order valence-corrected chi connectivity index (χ1v) is 4.92. The Morgan fingerprint density at radius 1 is 1.25 bits per heavy atom. The number of carbonyl (C=O) groups excluding carboxylic acids is 1. The number of carbonyl (C=O) groups is 1. The van der Waals surface area contributed by atoms with Crippen LogP contribution in [0.15, 0.2) is 24.3 Å². The summed E-state index contributed by atoms with van der Waals surface area (Å²) in [5.74, 6) is -1.60. The monoisotopic (exact) mass is 231 g/mol. The molecule has 0 heterocycles. The van der Waals surface area contributed by atoms with Crippen molar-refractivity contribution in [2.75, 3.05) is 13.2 Å². The maximum absolute atomic E-state index is 11.9. The molecule has 3 nitrogen and oxygen atoms in total. The van der Waals surface area contributed by atoms with Crippen molar-refractivity contribution in [3.8, 4) is 0 Å². The van der Waals surface area contributed by atoms with Gasteiger partial charge in [-0.1, -0.05) is 12.1 Å². The van der Waals surface area contributed by atoms with Gasteiger partial charge in [-0.15, -0.1) is 0 Å². The minimum absolute atomic E-state index is 0.338. The summed E-state index contributed by atoms with van der Waals surface area (Å²) in [5, 5.41) is 2.49. The van der Waals surface area contributed by atoms with E-state index < -0.39 is 11.6 Å². The Kier molecular flexibility index (Phi) is 7.75. The minimum atomic E-state index is -0.799. The zero-order valence-corrected chi connectivity index (χ0v) is 9.30. The Hall–Kier alpha value is -1.65. The zero-order chi connectivity index (χ0) is 12.4. The topological polar surface area (TPSA) is 38.3 Å². The third kappa shape index (κ3) is 6.75. The summed E-state index contributed by atoms with van der Waals surface area (Å²) < 4.78 is 28.4. The van der Waals surface area contributed by atoms with Crippen molar-refractivity contribution in [3.05, 3.63) is 35.9 Å². The standard InChI is InChI=1S/C6H4F2.C5H11NO2/c7-5-3-1-2-4-6(5)8;1-3-6-5(7)8-4-2/h1-4H;3-4H2,1-2H3,(H,6,7). The Balaban J connectivity index is 0.000000281. The van der Waals surface area contributed by atoms with E-state index >= 15 is 0 Å². The molecule has 0 bridgehead atoms. The highest BCUT2D eigenvalue weighted by atomic mass is 19.2. The third-order valence-electron chi connectivity index (χ3n) is 1.42. The van der Waals surface area contributed by atoms with Gasteiger partial charge in [0.1, 0.15) is 0 Å². The van der Waals surface area contributed by atoms with Gasteiger partial charge in [-0.05, 0) is 26.0 Å². The molecule has 90 valence electrons. The number of nitrogens with one attached hydrogen (secondary N) is 1. The van der Waals surface area contributed by atoms with Crippen LogP contribution >= 0.6 is 0 Å². The first-order chi connectivity index (χ1) is 7.61. The number of amides is 1. The molecular formula is C11H15F2NO2. The Labute approximate surface area is 93.4 Å². The number of hydrogen-bond acceptors (Lipinski definition) is 2. The number of alkyl carbamates (subject to hydrolysis) is 1. The average Bonchev–Trinajstić information content (AvgIpc) is 2.24. The van der Waals surface area contributed by atoms with Gasteiger partial charge in [-0.25, -0.2) is 13.6 Å². The van der Waals surface area contributed by atoms with E-state index in [0.29, 0.717) is 13.2 Å². The van der Waals surface area contributed by atoms with Crippen LogP contribution in [0.1, 0.15) is 13.8 Å². The van der Waals surface area contributed by atoms with Gasteiger partial charge in [-0.3, -0.25) is 0 Å². The number of halogens is 2. The molecule has 1 aromatic rings. The van der Waals surface area contributed by atoms with E-state index in [1.54, 1.807) is 6.92 Å². The van der Waals surface area contributed by atoms with Gasteiger partial charge in [0.05, 0.1) is 6.61 Å². The van der Waals surface area contributed by atoms with Crippen molar-refractivity contribution >= 4 is 6.09 Å². The van der Waals surface area contributed by atoms with Crippen LogP contribution in [0.4, 0.5) is 13.6 Å². The lowest BCUT2D eigenvalue weighted by atomic mass is 10.3. The summed E-state index contributed by atoms with van der Waals surface area (Å²) >= 11 is 0. The normalized spacial score (nSPS) is 8.75. The molecular weight excluding hydrogens is 216 g/mol. The molecule has 0 saturated carbocycles. The van der Waals surface area contributed by atoms with Gasteiger partial charge < -0.3 is 10.1 Å². The Morgan fingerprint density at radius 2 is 1.75 bits per heavy atom. The second-order valence-electron chi connectivity index (χ2n) is 2.66. The number of hydrogen-bond donors (Lipinski definition) is 1. The summed E-state index contributed by atoms with van der Waals surface area (Å²) in [5.41, 5.74) is 0. The van der Waals surface area contributed by atoms with Crippen molar-refractivity contribution in [3.63, 3.8) is 0 Å². The minimum Gasteiger partial charge on any atom is -0.450 e. The molecule has 0 atom stereocenters. The molecule has 1 aromatic carbocycles. The second kappa shape index (κ2) is 8.64. The Bertz CT molecular complexity index is 290. The molecule has 0 unspecified atom stereocenters. The summed E-state index contributed by atoms with van der Waals surface area (Å²) in [6.45, 7) is 4.68. The summed E-state index contributed by atoms with van der Waals surface area (Å²) in [6, 6.07) is 5.04. The van der Waals surface area contributed by atoms with Gasteiger partial charge in [0.15, 0.2) is 11.6 Å². The number of ether oxygens (including phenoxy) is 1. The Morgan fingerprint density at radius 3 is 2.06 bits per heavy atom. The SMILES string of the molecule is CCNC(=O)OCC.Fc1ccccc1F. The van der Waals surface area contributed by atoms with Crippen LogP contribution in [-0.4, -0.2) is 19.2 Å². The molecule has 0 saturated heterocycles. The van der Waals surface area contributed by atoms with Crippen LogP contribution in [0.3, 0.4) is 0 Å². The molecule has 0 aliphatic carbocycles. The molecule has 0 aromatic heterocycles. The van der Waals surface area contributed by atoms with Crippen molar-refractivity contribution < 1.29 is 18.3 Å².